The van der Waals surface area contributed by atoms with Crippen LogP contribution < -0.4 is 0 Å². The molecule has 152 valence electrons. The zero-order valence-electron chi connectivity index (χ0n) is 18.6. The van der Waals surface area contributed by atoms with Crippen molar-refractivity contribution in [3.8, 4) is 11.1 Å². The lowest BCUT2D eigenvalue weighted by molar-refractivity contribution is 0.659. The summed E-state index contributed by atoms with van der Waals surface area (Å²) in [7, 11) is 0. The predicted molar refractivity (Wildman–Crippen MR) is 132 cm³/mol. The van der Waals surface area contributed by atoms with E-state index in [-0.39, 0.29) is 5.41 Å². The number of fused-ring (bicyclic) bond motifs is 6. The first-order valence-corrected chi connectivity index (χ1v) is 11.2. The lowest BCUT2D eigenvalue weighted by Crippen LogP contribution is -2.15. The molecule has 4 aromatic carbocycles. The summed E-state index contributed by atoms with van der Waals surface area (Å²) in [6.45, 7) is 9.03. The summed E-state index contributed by atoms with van der Waals surface area (Å²) in [6, 6.07) is 27.5. The molecule has 0 fully saturated rings. The van der Waals surface area contributed by atoms with E-state index < -0.39 is 0 Å². The molecule has 0 radical (unpaired) electrons. The Balaban J connectivity index is 1.40. The maximum Gasteiger partial charge on any atom is 0.0467 e. The molecule has 31 heavy (non-hydrogen) atoms. The first-order valence-electron chi connectivity index (χ1n) is 11.2. The molecule has 5 aromatic rings. The molecule has 0 atom stereocenters. The lowest BCUT2D eigenvalue weighted by atomic mass is 9.82. The first kappa shape index (κ1) is 18.4. The van der Waals surface area contributed by atoms with E-state index in [9.17, 15) is 0 Å². The van der Waals surface area contributed by atoms with Crippen LogP contribution in [0.25, 0.3) is 32.9 Å². The van der Waals surface area contributed by atoms with Gasteiger partial charge in [-0.15, -0.1) is 0 Å². The van der Waals surface area contributed by atoms with E-state index in [0.717, 1.165) is 6.42 Å². The van der Waals surface area contributed by atoms with Crippen molar-refractivity contribution < 1.29 is 0 Å². The van der Waals surface area contributed by atoms with Crippen molar-refractivity contribution in [3.63, 3.8) is 0 Å². The van der Waals surface area contributed by atoms with E-state index in [1.165, 1.54) is 66.3 Å². The minimum absolute atomic E-state index is 0.0661. The summed E-state index contributed by atoms with van der Waals surface area (Å²) in [5.74, 6) is 0. The maximum absolute atomic E-state index is 3.62. The van der Waals surface area contributed by atoms with Crippen LogP contribution in [0.15, 0.2) is 72.8 Å². The van der Waals surface area contributed by atoms with Gasteiger partial charge in [0.2, 0.25) is 0 Å². The van der Waals surface area contributed by atoms with Gasteiger partial charge in [0.05, 0.1) is 0 Å². The largest absolute Gasteiger partial charge is 0.354 e. The molecule has 1 nitrogen and oxygen atoms in total. The normalized spacial score (nSPS) is 14.2. The Bertz CT molecular complexity index is 1500. The van der Waals surface area contributed by atoms with Gasteiger partial charge in [-0.25, -0.2) is 0 Å². The average Bonchev–Trinajstić information content (AvgIpc) is 3.19. The van der Waals surface area contributed by atoms with Crippen LogP contribution in [0, 0.1) is 13.8 Å². The number of nitrogens with one attached hydrogen (secondary N) is 1. The Morgan fingerprint density at radius 1 is 0.613 bits per heavy atom. The van der Waals surface area contributed by atoms with Crippen LogP contribution in [-0.4, -0.2) is 4.98 Å². The summed E-state index contributed by atoms with van der Waals surface area (Å²) in [6.07, 6.45) is 0.944. The molecular formula is C30H27N. The van der Waals surface area contributed by atoms with E-state index in [1.54, 1.807) is 0 Å². The van der Waals surface area contributed by atoms with Gasteiger partial charge in [0.1, 0.15) is 0 Å². The van der Waals surface area contributed by atoms with Crippen LogP contribution in [0.2, 0.25) is 0 Å². The highest BCUT2D eigenvalue weighted by Gasteiger charge is 2.35. The minimum Gasteiger partial charge on any atom is -0.354 e. The van der Waals surface area contributed by atoms with Crippen molar-refractivity contribution in [1.29, 1.82) is 0 Å². The Labute approximate surface area is 183 Å². The SMILES string of the molecule is Cc1ccc2c(c1)C(C)(C)c1ccc(Cc3ccc4c(c3)[nH]c3cc(C)ccc34)cc1-2. The average molecular weight is 402 g/mol. The van der Waals surface area contributed by atoms with Crippen LogP contribution in [0.5, 0.6) is 0 Å². The molecule has 0 saturated heterocycles. The molecule has 0 bridgehead atoms. The molecule has 1 heterocycles. The monoisotopic (exact) mass is 401 g/mol. The highest BCUT2D eigenvalue weighted by atomic mass is 14.7. The van der Waals surface area contributed by atoms with E-state index in [2.05, 4.69) is 105 Å². The Morgan fingerprint density at radius 3 is 2.10 bits per heavy atom. The number of aromatic nitrogens is 1. The van der Waals surface area contributed by atoms with E-state index in [4.69, 9.17) is 0 Å². The minimum atomic E-state index is 0.0661. The summed E-state index contributed by atoms with van der Waals surface area (Å²) >= 11 is 0. The summed E-state index contributed by atoms with van der Waals surface area (Å²) in [5, 5.41) is 2.61. The summed E-state index contributed by atoms with van der Waals surface area (Å²) < 4.78 is 0. The van der Waals surface area contributed by atoms with Gasteiger partial charge in [-0.05, 0) is 71.3 Å². The Hall–Kier alpha value is -3.32. The summed E-state index contributed by atoms with van der Waals surface area (Å²) in [5.41, 5.74) is 13.5. The van der Waals surface area contributed by atoms with Crippen molar-refractivity contribution in [3.05, 3.63) is 106 Å². The molecule has 1 aromatic heterocycles. The zero-order chi connectivity index (χ0) is 21.3. The van der Waals surface area contributed by atoms with Gasteiger partial charge in [0.25, 0.3) is 0 Å². The van der Waals surface area contributed by atoms with E-state index >= 15 is 0 Å². The van der Waals surface area contributed by atoms with Gasteiger partial charge in [0, 0.05) is 27.2 Å². The highest BCUT2D eigenvalue weighted by molar-refractivity contribution is 6.07. The second-order valence-electron chi connectivity index (χ2n) is 9.78. The van der Waals surface area contributed by atoms with Crippen LogP contribution in [-0.2, 0) is 11.8 Å². The Kier molecular flexibility index (Phi) is 3.77. The third-order valence-electron chi connectivity index (χ3n) is 7.12. The molecule has 0 aliphatic heterocycles. The van der Waals surface area contributed by atoms with Crippen molar-refractivity contribution in [1.82, 2.24) is 4.98 Å². The van der Waals surface area contributed by atoms with E-state index in [1.807, 2.05) is 0 Å². The van der Waals surface area contributed by atoms with Crippen molar-refractivity contribution >= 4 is 21.8 Å². The smallest absolute Gasteiger partial charge is 0.0467 e. The van der Waals surface area contributed by atoms with Gasteiger partial charge in [0.15, 0.2) is 0 Å². The molecule has 0 unspecified atom stereocenters. The van der Waals surface area contributed by atoms with Gasteiger partial charge >= 0.3 is 0 Å². The number of aromatic amines is 1. The van der Waals surface area contributed by atoms with Gasteiger partial charge in [-0.2, -0.15) is 0 Å². The third kappa shape index (κ3) is 2.76. The fourth-order valence-corrected chi connectivity index (χ4v) is 5.44. The van der Waals surface area contributed by atoms with E-state index in [0.29, 0.717) is 0 Å². The number of H-pyrrole nitrogens is 1. The molecule has 6 rings (SSSR count). The van der Waals surface area contributed by atoms with Crippen LogP contribution in [0.1, 0.15) is 47.2 Å². The molecule has 0 spiro atoms. The van der Waals surface area contributed by atoms with Crippen molar-refractivity contribution in [2.75, 3.05) is 0 Å². The van der Waals surface area contributed by atoms with Crippen molar-refractivity contribution in [2.45, 2.75) is 39.5 Å². The zero-order valence-corrected chi connectivity index (χ0v) is 18.6. The van der Waals surface area contributed by atoms with Crippen LogP contribution in [0.3, 0.4) is 0 Å². The molecule has 1 heteroatoms. The third-order valence-corrected chi connectivity index (χ3v) is 7.12. The molecule has 0 saturated carbocycles. The number of hydrogen-bond donors (Lipinski definition) is 1. The number of rotatable bonds is 2. The molecule has 1 N–H and O–H groups in total. The number of hydrogen-bond acceptors (Lipinski definition) is 0. The van der Waals surface area contributed by atoms with Crippen molar-refractivity contribution in [2.24, 2.45) is 0 Å². The summed E-state index contributed by atoms with van der Waals surface area (Å²) in [4.78, 5) is 3.62. The fraction of sp³-hybridized carbons (Fsp3) is 0.200. The number of benzene rings is 4. The second-order valence-corrected chi connectivity index (χ2v) is 9.78. The molecule has 0 amide bonds. The quantitative estimate of drug-likeness (QED) is 0.310. The maximum atomic E-state index is 3.62. The van der Waals surface area contributed by atoms with Gasteiger partial charge in [-0.1, -0.05) is 80.1 Å². The fourth-order valence-electron chi connectivity index (χ4n) is 5.44. The highest BCUT2D eigenvalue weighted by Crippen LogP contribution is 2.49. The van der Waals surface area contributed by atoms with Crippen LogP contribution >= 0.6 is 0 Å². The Morgan fingerprint density at radius 2 is 1.26 bits per heavy atom. The topological polar surface area (TPSA) is 15.8 Å². The van der Waals surface area contributed by atoms with Crippen LogP contribution in [0.4, 0.5) is 0 Å². The van der Waals surface area contributed by atoms with Gasteiger partial charge < -0.3 is 4.98 Å². The lowest BCUT2D eigenvalue weighted by Gasteiger charge is -2.21. The second kappa shape index (κ2) is 6.34. The molecule has 1 aliphatic rings. The first-order chi connectivity index (χ1) is 14.9. The number of aryl methyl sites for hydroxylation is 2. The predicted octanol–water partition coefficient (Wildman–Crippen LogP) is 7.84. The molecular weight excluding hydrogens is 374 g/mol. The molecule has 1 aliphatic carbocycles. The standard InChI is InChI=1S/C30H27N/c1-18-5-9-22-25-16-20(8-12-26(25)30(3,4)27(22)13-18)15-21-7-11-24-23-10-6-19(2)14-28(23)31-29(24)17-21/h5-14,16-17,31H,15H2,1-4H3. The van der Waals surface area contributed by atoms with Gasteiger partial charge in [-0.3, -0.25) is 0 Å².